The van der Waals surface area contributed by atoms with Gasteiger partial charge in [-0.05, 0) is 31.2 Å². The number of sulfonamides is 1. The lowest BCUT2D eigenvalue weighted by molar-refractivity contribution is 0.463. The molecule has 1 N–H and O–H groups in total. The molecule has 0 saturated carbocycles. The van der Waals surface area contributed by atoms with Gasteiger partial charge in [0, 0.05) is 0 Å². The van der Waals surface area contributed by atoms with Gasteiger partial charge in [-0.25, -0.2) is 18.1 Å². The minimum Gasteiger partial charge on any atom is -0.445 e. The average Bonchev–Trinajstić information content (AvgIpc) is 2.82. The van der Waals surface area contributed by atoms with Gasteiger partial charge in [0.05, 0.1) is 29.3 Å². The highest BCUT2D eigenvalue weighted by atomic mass is 32.2. The molecule has 0 radical (unpaired) electrons. The topological polar surface area (TPSA) is 96.0 Å². The molecule has 0 unspecified atom stereocenters. The second-order valence-electron chi connectivity index (χ2n) is 3.83. The van der Waals surface area contributed by atoms with E-state index in [1.54, 1.807) is 6.92 Å². The minimum absolute atomic E-state index is 0.0177. The van der Waals surface area contributed by atoms with E-state index < -0.39 is 10.0 Å². The zero-order chi connectivity index (χ0) is 13.9. The molecule has 7 heteroatoms. The van der Waals surface area contributed by atoms with Crippen LogP contribution in [-0.4, -0.2) is 13.4 Å². The van der Waals surface area contributed by atoms with Gasteiger partial charge in [-0.1, -0.05) is 0 Å². The summed E-state index contributed by atoms with van der Waals surface area (Å²) in [5.74, 6) is 0.919. The number of aryl methyl sites for hydroxylation is 1. The molecule has 1 heterocycles. The summed E-state index contributed by atoms with van der Waals surface area (Å²) in [6.45, 7) is 1.71. The molecule has 0 fully saturated rings. The minimum atomic E-state index is -3.63. The summed E-state index contributed by atoms with van der Waals surface area (Å²) in [6, 6.07) is 7.58. The number of aromatic nitrogens is 1. The van der Waals surface area contributed by atoms with Crippen molar-refractivity contribution in [1.29, 1.82) is 5.26 Å². The van der Waals surface area contributed by atoms with E-state index in [2.05, 4.69) is 9.71 Å². The molecule has 2 rings (SSSR count). The fourth-order valence-corrected chi connectivity index (χ4v) is 2.41. The Morgan fingerprint density at radius 3 is 2.58 bits per heavy atom. The molecule has 6 nitrogen and oxygen atoms in total. The Kier molecular flexibility index (Phi) is 3.64. The van der Waals surface area contributed by atoms with Crippen molar-refractivity contribution < 1.29 is 12.8 Å². The van der Waals surface area contributed by atoms with E-state index in [0.29, 0.717) is 17.2 Å². The van der Waals surface area contributed by atoms with Gasteiger partial charge in [-0.15, -0.1) is 0 Å². The molecule has 1 aromatic heterocycles. The van der Waals surface area contributed by atoms with Crippen molar-refractivity contribution in [3.63, 3.8) is 0 Å². The van der Waals surface area contributed by atoms with Gasteiger partial charge >= 0.3 is 0 Å². The Labute approximate surface area is 110 Å². The lowest BCUT2D eigenvalue weighted by Crippen LogP contribution is -2.23. The molecule has 0 spiro atoms. The number of nitrogens with one attached hydrogen (secondary N) is 1. The summed E-state index contributed by atoms with van der Waals surface area (Å²) in [7, 11) is -3.63. The van der Waals surface area contributed by atoms with Gasteiger partial charge in [0.25, 0.3) is 0 Å². The van der Waals surface area contributed by atoms with Crippen LogP contribution in [0.3, 0.4) is 0 Å². The number of benzene rings is 1. The maximum Gasteiger partial charge on any atom is 0.241 e. The molecule has 0 aliphatic rings. The molecule has 0 aliphatic heterocycles. The van der Waals surface area contributed by atoms with Gasteiger partial charge in [0.2, 0.25) is 15.9 Å². The van der Waals surface area contributed by atoms with Crippen molar-refractivity contribution in [2.24, 2.45) is 0 Å². The van der Waals surface area contributed by atoms with Crippen molar-refractivity contribution in [1.82, 2.24) is 9.71 Å². The SMILES string of the molecule is Cc1cnc(CNS(=O)(=O)c2ccc(C#N)cc2)o1. The standard InChI is InChI=1S/C12H11N3O3S/c1-9-7-14-12(18-9)8-15-19(16,17)11-4-2-10(6-13)3-5-11/h2-5,7,15H,8H2,1H3. The quantitative estimate of drug-likeness (QED) is 0.909. The van der Waals surface area contributed by atoms with Gasteiger partial charge in [-0.2, -0.15) is 5.26 Å². The summed E-state index contributed by atoms with van der Waals surface area (Å²) >= 11 is 0. The second kappa shape index (κ2) is 5.22. The molecule has 1 aromatic carbocycles. The molecule has 0 bridgehead atoms. The molecule has 0 amide bonds. The van der Waals surface area contributed by atoms with Crippen molar-refractivity contribution in [3.8, 4) is 6.07 Å². The van der Waals surface area contributed by atoms with E-state index in [0.717, 1.165) is 0 Å². The van der Waals surface area contributed by atoms with Crippen molar-refractivity contribution in [3.05, 3.63) is 47.7 Å². The van der Waals surface area contributed by atoms with Crippen molar-refractivity contribution >= 4 is 10.0 Å². The number of hydrogen-bond donors (Lipinski definition) is 1. The average molecular weight is 277 g/mol. The van der Waals surface area contributed by atoms with E-state index in [1.165, 1.54) is 30.5 Å². The van der Waals surface area contributed by atoms with Crippen LogP contribution in [0.4, 0.5) is 0 Å². The van der Waals surface area contributed by atoms with E-state index >= 15 is 0 Å². The molecular formula is C12H11N3O3S. The maximum atomic E-state index is 11.9. The Balaban J connectivity index is 2.11. The first kappa shape index (κ1) is 13.3. The lowest BCUT2D eigenvalue weighted by atomic mass is 10.2. The first-order chi connectivity index (χ1) is 9.01. The van der Waals surface area contributed by atoms with Gasteiger partial charge < -0.3 is 4.42 Å². The van der Waals surface area contributed by atoms with Crippen LogP contribution >= 0.6 is 0 Å². The summed E-state index contributed by atoms with van der Waals surface area (Å²) < 4.78 is 31.4. The third-order valence-corrected chi connectivity index (χ3v) is 3.79. The summed E-state index contributed by atoms with van der Waals surface area (Å²) in [6.07, 6.45) is 1.52. The maximum absolute atomic E-state index is 11.9. The predicted octanol–water partition coefficient (Wildman–Crippen LogP) is 1.33. The van der Waals surface area contributed by atoms with Crippen LogP contribution in [0.2, 0.25) is 0 Å². The fraction of sp³-hybridized carbons (Fsp3) is 0.167. The number of rotatable bonds is 4. The van der Waals surface area contributed by atoms with E-state index in [9.17, 15) is 8.42 Å². The van der Waals surface area contributed by atoms with E-state index in [4.69, 9.17) is 9.68 Å². The summed E-state index contributed by atoms with van der Waals surface area (Å²) in [5, 5.41) is 8.65. The van der Waals surface area contributed by atoms with Crippen LogP contribution in [0.5, 0.6) is 0 Å². The highest BCUT2D eigenvalue weighted by molar-refractivity contribution is 7.89. The number of oxazole rings is 1. The fourth-order valence-electron chi connectivity index (χ4n) is 1.43. The monoisotopic (exact) mass is 277 g/mol. The van der Waals surface area contributed by atoms with Crippen LogP contribution in [0.25, 0.3) is 0 Å². The van der Waals surface area contributed by atoms with Gasteiger partial charge in [-0.3, -0.25) is 0 Å². The van der Waals surface area contributed by atoms with Crippen LogP contribution < -0.4 is 4.72 Å². The Bertz CT molecular complexity index is 711. The molecule has 19 heavy (non-hydrogen) atoms. The second-order valence-corrected chi connectivity index (χ2v) is 5.59. The number of hydrogen-bond acceptors (Lipinski definition) is 5. The largest absolute Gasteiger partial charge is 0.445 e. The van der Waals surface area contributed by atoms with Gasteiger partial charge in [0.15, 0.2) is 0 Å². The van der Waals surface area contributed by atoms with Gasteiger partial charge in [0.1, 0.15) is 5.76 Å². The molecule has 2 aromatic rings. The zero-order valence-electron chi connectivity index (χ0n) is 10.1. The van der Waals surface area contributed by atoms with E-state index in [1.807, 2.05) is 6.07 Å². The first-order valence-corrected chi connectivity index (χ1v) is 6.91. The number of nitrogens with zero attached hydrogens (tertiary/aromatic N) is 2. The molecule has 98 valence electrons. The van der Waals surface area contributed by atoms with Crippen LogP contribution in [0.1, 0.15) is 17.2 Å². The predicted molar refractivity (Wildman–Crippen MR) is 66.4 cm³/mol. The molecule has 0 saturated heterocycles. The van der Waals surface area contributed by atoms with Crippen LogP contribution in [0.15, 0.2) is 39.8 Å². The first-order valence-electron chi connectivity index (χ1n) is 5.42. The summed E-state index contributed by atoms with van der Waals surface area (Å²) in [4.78, 5) is 4.00. The highest BCUT2D eigenvalue weighted by Crippen LogP contribution is 2.11. The molecule has 0 atom stereocenters. The smallest absolute Gasteiger partial charge is 0.241 e. The number of nitriles is 1. The highest BCUT2D eigenvalue weighted by Gasteiger charge is 2.14. The molecule has 0 aliphatic carbocycles. The van der Waals surface area contributed by atoms with Crippen LogP contribution in [-0.2, 0) is 16.6 Å². The van der Waals surface area contributed by atoms with E-state index in [-0.39, 0.29) is 11.4 Å². The van der Waals surface area contributed by atoms with Crippen molar-refractivity contribution in [2.45, 2.75) is 18.4 Å². The van der Waals surface area contributed by atoms with Crippen molar-refractivity contribution in [2.75, 3.05) is 0 Å². The lowest BCUT2D eigenvalue weighted by Gasteiger charge is -2.04. The van der Waals surface area contributed by atoms with Crippen LogP contribution in [0, 0.1) is 18.3 Å². The third kappa shape index (κ3) is 3.19. The zero-order valence-corrected chi connectivity index (χ0v) is 10.9. The molecular weight excluding hydrogens is 266 g/mol. The third-order valence-electron chi connectivity index (χ3n) is 2.38. The normalized spacial score (nSPS) is 11.2. The Morgan fingerprint density at radius 2 is 2.05 bits per heavy atom. The summed E-state index contributed by atoms with van der Waals surface area (Å²) in [5.41, 5.74) is 0.405. The Morgan fingerprint density at radius 1 is 1.37 bits per heavy atom. The Hall–Kier alpha value is -2.17.